The highest BCUT2D eigenvalue weighted by atomic mass is 35.5. The molecule has 70 valence electrons. The van der Waals surface area contributed by atoms with Gasteiger partial charge >= 0.3 is 5.97 Å². The van der Waals surface area contributed by atoms with Gasteiger partial charge in [-0.15, -0.1) is 12.4 Å². The summed E-state index contributed by atoms with van der Waals surface area (Å²) in [6, 6.07) is 5.32. The zero-order valence-electron chi connectivity index (χ0n) is 6.91. The molecule has 0 amide bonds. The Morgan fingerprint density at radius 3 is 2.92 bits per heavy atom. The van der Waals surface area contributed by atoms with E-state index >= 15 is 0 Å². The van der Waals surface area contributed by atoms with Gasteiger partial charge in [0, 0.05) is 12.2 Å². The summed E-state index contributed by atoms with van der Waals surface area (Å²) in [6.45, 7) is 0.847. The molecule has 0 fully saturated rings. The number of carboxylic acid groups (broad SMARTS) is 1. The Balaban J connectivity index is 0.000000845. The highest BCUT2D eigenvalue weighted by molar-refractivity contribution is 5.91. The molecule has 13 heavy (non-hydrogen) atoms. The van der Waals surface area contributed by atoms with Gasteiger partial charge in [0.25, 0.3) is 0 Å². The number of carboxylic acids is 1. The van der Waals surface area contributed by atoms with Crippen LogP contribution in [0.3, 0.4) is 0 Å². The quantitative estimate of drug-likeness (QED) is 0.725. The van der Waals surface area contributed by atoms with E-state index < -0.39 is 5.97 Å². The standard InChI is InChI=1S/C9H9NO2.ClH/c11-9(12)7-2-1-3-8-6(7)4-5-10-8;/h1-3,10H,4-5H2,(H,11,12);1H. The Bertz CT molecular complexity index is 338. The van der Waals surface area contributed by atoms with Crippen molar-refractivity contribution in [3.05, 3.63) is 29.3 Å². The molecule has 2 rings (SSSR count). The van der Waals surface area contributed by atoms with Crippen LogP contribution in [0.5, 0.6) is 0 Å². The van der Waals surface area contributed by atoms with Crippen LogP contribution in [0.25, 0.3) is 0 Å². The summed E-state index contributed by atoms with van der Waals surface area (Å²) >= 11 is 0. The van der Waals surface area contributed by atoms with E-state index in [0.29, 0.717) is 5.56 Å². The molecule has 0 aliphatic carbocycles. The Morgan fingerprint density at radius 2 is 2.23 bits per heavy atom. The molecule has 4 heteroatoms. The molecular weight excluding hydrogens is 190 g/mol. The van der Waals surface area contributed by atoms with Gasteiger partial charge in [0.2, 0.25) is 0 Å². The highest BCUT2D eigenvalue weighted by Gasteiger charge is 2.17. The number of benzene rings is 1. The van der Waals surface area contributed by atoms with Gasteiger partial charge < -0.3 is 10.4 Å². The normalized spacial score (nSPS) is 12.6. The lowest BCUT2D eigenvalue weighted by Crippen LogP contribution is -2.00. The van der Waals surface area contributed by atoms with Crippen molar-refractivity contribution >= 4 is 24.1 Å². The first-order valence-corrected chi connectivity index (χ1v) is 3.88. The molecule has 0 unspecified atom stereocenters. The van der Waals surface area contributed by atoms with Gasteiger partial charge in [-0.25, -0.2) is 4.79 Å². The van der Waals surface area contributed by atoms with Crippen LogP contribution in [0, 0.1) is 0 Å². The van der Waals surface area contributed by atoms with E-state index in [4.69, 9.17) is 5.11 Å². The molecule has 1 aliphatic heterocycles. The molecule has 1 heterocycles. The molecule has 0 atom stereocenters. The van der Waals surface area contributed by atoms with Crippen LogP contribution in [0.1, 0.15) is 15.9 Å². The fraction of sp³-hybridized carbons (Fsp3) is 0.222. The smallest absolute Gasteiger partial charge is 0.336 e. The second-order valence-electron chi connectivity index (χ2n) is 2.81. The lowest BCUT2D eigenvalue weighted by atomic mass is 10.1. The Hall–Kier alpha value is -1.22. The lowest BCUT2D eigenvalue weighted by Gasteiger charge is -2.01. The van der Waals surface area contributed by atoms with Gasteiger partial charge in [0.1, 0.15) is 0 Å². The van der Waals surface area contributed by atoms with E-state index in [1.807, 2.05) is 6.07 Å². The number of nitrogens with one attached hydrogen (secondary N) is 1. The van der Waals surface area contributed by atoms with Crippen molar-refractivity contribution < 1.29 is 9.90 Å². The topological polar surface area (TPSA) is 49.3 Å². The summed E-state index contributed by atoms with van der Waals surface area (Å²) in [5, 5.41) is 12.0. The molecule has 2 N–H and O–H groups in total. The molecule has 0 bridgehead atoms. The SMILES string of the molecule is Cl.O=C(O)c1cccc2c1CCN2. The van der Waals surface area contributed by atoms with Gasteiger partial charge in [-0.3, -0.25) is 0 Å². The number of aromatic carboxylic acids is 1. The lowest BCUT2D eigenvalue weighted by molar-refractivity contribution is 0.0696. The van der Waals surface area contributed by atoms with Crippen molar-refractivity contribution in [3.63, 3.8) is 0 Å². The summed E-state index contributed by atoms with van der Waals surface area (Å²) < 4.78 is 0. The molecule has 0 saturated carbocycles. The number of hydrogen-bond acceptors (Lipinski definition) is 2. The fourth-order valence-corrected chi connectivity index (χ4v) is 1.54. The minimum Gasteiger partial charge on any atom is -0.478 e. The number of carbonyl (C=O) groups is 1. The van der Waals surface area contributed by atoms with Crippen molar-refractivity contribution in [2.45, 2.75) is 6.42 Å². The predicted octanol–water partition coefficient (Wildman–Crippen LogP) is 1.77. The Kier molecular flexibility index (Phi) is 2.78. The zero-order chi connectivity index (χ0) is 8.55. The average Bonchev–Trinajstić information content (AvgIpc) is 2.49. The molecular formula is C9H10ClNO2. The Labute approximate surface area is 82.2 Å². The Morgan fingerprint density at radius 1 is 1.46 bits per heavy atom. The maximum atomic E-state index is 10.7. The number of hydrogen-bond donors (Lipinski definition) is 2. The maximum Gasteiger partial charge on any atom is 0.336 e. The number of rotatable bonds is 1. The minimum atomic E-state index is -0.837. The third-order valence-electron chi connectivity index (χ3n) is 2.10. The van der Waals surface area contributed by atoms with Gasteiger partial charge in [0.15, 0.2) is 0 Å². The molecule has 0 saturated heterocycles. The fourth-order valence-electron chi connectivity index (χ4n) is 1.54. The average molecular weight is 200 g/mol. The van der Waals surface area contributed by atoms with Crippen LogP contribution < -0.4 is 5.32 Å². The monoisotopic (exact) mass is 199 g/mol. The summed E-state index contributed by atoms with van der Waals surface area (Å²) in [6.07, 6.45) is 0.817. The molecule has 1 aliphatic rings. The third kappa shape index (κ3) is 1.60. The van der Waals surface area contributed by atoms with Crippen LogP contribution in [0.15, 0.2) is 18.2 Å². The summed E-state index contributed by atoms with van der Waals surface area (Å²) in [7, 11) is 0. The van der Waals surface area contributed by atoms with Gasteiger partial charge in [-0.1, -0.05) is 6.07 Å². The molecule has 0 aromatic heterocycles. The summed E-state index contributed by atoms with van der Waals surface area (Å²) in [5.41, 5.74) is 2.33. The van der Waals surface area contributed by atoms with E-state index in [1.165, 1.54) is 0 Å². The van der Waals surface area contributed by atoms with Gasteiger partial charge in [-0.05, 0) is 24.1 Å². The van der Waals surface area contributed by atoms with Crippen molar-refractivity contribution in [1.29, 1.82) is 0 Å². The second kappa shape index (κ2) is 3.66. The van der Waals surface area contributed by atoms with Gasteiger partial charge in [-0.2, -0.15) is 0 Å². The highest BCUT2D eigenvalue weighted by Crippen LogP contribution is 2.25. The van der Waals surface area contributed by atoms with E-state index in [2.05, 4.69) is 5.32 Å². The van der Waals surface area contributed by atoms with E-state index in [-0.39, 0.29) is 12.4 Å². The van der Waals surface area contributed by atoms with E-state index in [9.17, 15) is 4.79 Å². The summed E-state index contributed by atoms with van der Waals surface area (Å²) in [5.74, 6) is -0.837. The number of anilines is 1. The van der Waals surface area contributed by atoms with Crippen LogP contribution in [-0.4, -0.2) is 17.6 Å². The molecule has 1 aromatic rings. The van der Waals surface area contributed by atoms with Crippen LogP contribution >= 0.6 is 12.4 Å². The van der Waals surface area contributed by atoms with Crippen molar-refractivity contribution in [1.82, 2.24) is 0 Å². The van der Waals surface area contributed by atoms with Crippen LogP contribution in [0.4, 0.5) is 5.69 Å². The molecule has 0 spiro atoms. The number of fused-ring (bicyclic) bond motifs is 1. The van der Waals surface area contributed by atoms with Crippen molar-refractivity contribution in [3.8, 4) is 0 Å². The first-order valence-electron chi connectivity index (χ1n) is 3.88. The van der Waals surface area contributed by atoms with E-state index in [0.717, 1.165) is 24.2 Å². The molecule has 3 nitrogen and oxygen atoms in total. The van der Waals surface area contributed by atoms with Crippen LogP contribution in [-0.2, 0) is 6.42 Å². The first-order chi connectivity index (χ1) is 5.79. The first kappa shape index (κ1) is 9.86. The maximum absolute atomic E-state index is 10.7. The van der Waals surface area contributed by atoms with E-state index in [1.54, 1.807) is 12.1 Å². The zero-order valence-corrected chi connectivity index (χ0v) is 7.73. The third-order valence-corrected chi connectivity index (χ3v) is 2.10. The largest absolute Gasteiger partial charge is 0.478 e. The molecule has 1 aromatic carbocycles. The molecule has 0 radical (unpaired) electrons. The predicted molar refractivity (Wildman–Crippen MR) is 52.8 cm³/mol. The van der Waals surface area contributed by atoms with Crippen LogP contribution in [0.2, 0.25) is 0 Å². The summed E-state index contributed by atoms with van der Waals surface area (Å²) in [4.78, 5) is 10.7. The van der Waals surface area contributed by atoms with Crippen molar-refractivity contribution in [2.24, 2.45) is 0 Å². The number of halogens is 1. The van der Waals surface area contributed by atoms with Gasteiger partial charge in [0.05, 0.1) is 5.56 Å². The van der Waals surface area contributed by atoms with Crippen molar-refractivity contribution in [2.75, 3.05) is 11.9 Å². The second-order valence-corrected chi connectivity index (χ2v) is 2.81. The minimum absolute atomic E-state index is 0.